The Morgan fingerprint density at radius 2 is 1.93 bits per heavy atom. The Hall–Kier alpha value is -0.470. The third kappa shape index (κ3) is 1.82. The fourth-order valence-corrected chi connectivity index (χ4v) is 2.49. The molecular formula is C12H17NS. The maximum Gasteiger partial charge on any atom is 0.00762 e. The van der Waals surface area contributed by atoms with Gasteiger partial charge < -0.3 is 5.73 Å². The predicted octanol–water partition coefficient (Wildman–Crippen LogP) is 2.79. The number of hydrogen-bond acceptors (Lipinski definition) is 2. The van der Waals surface area contributed by atoms with E-state index in [9.17, 15) is 0 Å². The summed E-state index contributed by atoms with van der Waals surface area (Å²) in [5.74, 6) is 1.14. The fourth-order valence-electron chi connectivity index (χ4n) is 1.83. The van der Waals surface area contributed by atoms with Gasteiger partial charge in [-0.25, -0.2) is 0 Å². The van der Waals surface area contributed by atoms with E-state index >= 15 is 0 Å². The molecule has 0 amide bonds. The van der Waals surface area contributed by atoms with Gasteiger partial charge in [-0.05, 0) is 36.3 Å². The Kier molecular flexibility index (Phi) is 2.84. The van der Waals surface area contributed by atoms with Gasteiger partial charge in [-0.2, -0.15) is 0 Å². The molecule has 1 aliphatic rings. The molecule has 2 heteroatoms. The molecule has 1 aromatic carbocycles. The minimum absolute atomic E-state index is 0.343. The molecule has 1 saturated carbocycles. The van der Waals surface area contributed by atoms with E-state index in [0.29, 0.717) is 5.41 Å². The fraction of sp³-hybridized carbons (Fsp3) is 0.500. The molecule has 0 radical (unpaired) electrons. The van der Waals surface area contributed by atoms with Gasteiger partial charge in [0.2, 0.25) is 0 Å². The quantitative estimate of drug-likeness (QED) is 0.768. The summed E-state index contributed by atoms with van der Waals surface area (Å²) in [5.41, 5.74) is 7.57. The van der Waals surface area contributed by atoms with Crippen molar-refractivity contribution in [2.75, 3.05) is 12.3 Å². The highest BCUT2D eigenvalue weighted by Gasteiger charge is 2.42. The van der Waals surface area contributed by atoms with Crippen molar-refractivity contribution in [2.45, 2.75) is 30.1 Å². The van der Waals surface area contributed by atoms with Gasteiger partial charge in [0.25, 0.3) is 0 Å². The molecule has 1 nitrogen and oxygen atoms in total. The zero-order valence-corrected chi connectivity index (χ0v) is 9.44. The van der Waals surface area contributed by atoms with Crippen molar-refractivity contribution in [3.8, 4) is 0 Å². The van der Waals surface area contributed by atoms with Gasteiger partial charge in [-0.15, -0.1) is 11.8 Å². The molecule has 0 spiro atoms. The molecule has 0 atom stereocenters. The van der Waals surface area contributed by atoms with Crippen LogP contribution < -0.4 is 5.73 Å². The van der Waals surface area contributed by atoms with Crippen molar-refractivity contribution in [3.05, 3.63) is 29.8 Å². The molecule has 14 heavy (non-hydrogen) atoms. The molecule has 0 saturated heterocycles. The molecule has 1 aromatic rings. The first-order chi connectivity index (χ1) is 6.80. The summed E-state index contributed by atoms with van der Waals surface area (Å²) in [6.45, 7) is 2.98. The van der Waals surface area contributed by atoms with Gasteiger partial charge in [0, 0.05) is 16.9 Å². The zero-order chi connectivity index (χ0) is 10.0. The Morgan fingerprint density at radius 1 is 1.29 bits per heavy atom. The molecule has 1 fully saturated rings. The zero-order valence-electron chi connectivity index (χ0n) is 8.62. The molecule has 2 rings (SSSR count). The summed E-state index contributed by atoms with van der Waals surface area (Å²) in [5, 5.41) is 0. The number of hydrogen-bond donors (Lipinski definition) is 1. The van der Waals surface area contributed by atoms with Gasteiger partial charge in [-0.1, -0.05) is 19.1 Å². The summed E-state index contributed by atoms with van der Waals surface area (Å²) >= 11 is 1.89. The van der Waals surface area contributed by atoms with Gasteiger partial charge in [0.15, 0.2) is 0 Å². The van der Waals surface area contributed by atoms with Crippen molar-refractivity contribution >= 4 is 11.8 Å². The third-order valence-electron chi connectivity index (χ3n) is 3.02. The molecule has 0 unspecified atom stereocenters. The van der Waals surface area contributed by atoms with E-state index < -0.39 is 0 Å². The monoisotopic (exact) mass is 207 g/mol. The SMILES string of the molecule is CCSc1ccc(C2(CN)CC2)cc1. The van der Waals surface area contributed by atoms with Gasteiger partial charge >= 0.3 is 0 Å². The van der Waals surface area contributed by atoms with Crippen LogP contribution in [0.4, 0.5) is 0 Å². The van der Waals surface area contributed by atoms with Gasteiger partial charge in [0.1, 0.15) is 0 Å². The number of thioether (sulfide) groups is 1. The van der Waals surface area contributed by atoms with Gasteiger partial charge in [-0.3, -0.25) is 0 Å². The highest BCUT2D eigenvalue weighted by molar-refractivity contribution is 7.99. The average molecular weight is 207 g/mol. The number of nitrogens with two attached hydrogens (primary N) is 1. The van der Waals surface area contributed by atoms with Crippen LogP contribution in [-0.2, 0) is 5.41 Å². The Labute approximate surface area is 90.1 Å². The molecule has 76 valence electrons. The van der Waals surface area contributed by atoms with Crippen molar-refractivity contribution in [1.82, 2.24) is 0 Å². The van der Waals surface area contributed by atoms with E-state index in [-0.39, 0.29) is 0 Å². The first-order valence-electron chi connectivity index (χ1n) is 5.24. The van der Waals surface area contributed by atoms with E-state index in [4.69, 9.17) is 5.73 Å². The lowest BCUT2D eigenvalue weighted by molar-refractivity contribution is 0.704. The second-order valence-corrected chi connectivity index (χ2v) is 5.28. The van der Waals surface area contributed by atoms with Crippen molar-refractivity contribution in [1.29, 1.82) is 0 Å². The molecule has 1 aliphatic carbocycles. The number of rotatable bonds is 4. The van der Waals surface area contributed by atoms with Crippen LogP contribution in [0.3, 0.4) is 0 Å². The lowest BCUT2D eigenvalue weighted by Gasteiger charge is -2.12. The second-order valence-electron chi connectivity index (χ2n) is 3.94. The van der Waals surface area contributed by atoms with Crippen molar-refractivity contribution in [2.24, 2.45) is 5.73 Å². The molecule has 0 aromatic heterocycles. The number of benzene rings is 1. The Bertz CT molecular complexity index is 301. The van der Waals surface area contributed by atoms with E-state index in [2.05, 4.69) is 31.2 Å². The summed E-state index contributed by atoms with van der Waals surface area (Å²) < 4.78 is 0. The van der Waals surface area contributed by atoms with Crippen LogP contribution in [0.5, 0.6) is 0 Å². The topological polar surface area (TPSA) is 26.0 Å². The van der Waals surface area contributed by atoms with E-state index in [1.165, 1.54) is 23.3 Å². The van der Waals surface area contributed by atoms with E-state index in [1.54, 1.807) is 0 Å². The molecule has 0 aliphatic heterocycles. The van der Waals surface area contributed by atoms with Crippen molar-refractivity contribution in [3.63, 3.8) is 0 Å². The smallest absolute Gasteiger partial charge is 0.00762 e. The first-order valence-corrected chi connectivity index (χ1v) is 6.23. The lowest BCUT2D eigenvalue weighted by atomic mass is 9.96. The first kappa shape index (κ1) is 10.1. The maximum atomic E-state index is 5.79. The Balaban J connectivity index is 2.14. The highest BCUT2D eigenvalue weighted by Crippen LogP contribution is 2.47. The van der Waals surface area contributed by atoms with Gasteiger partial charge in [0.05, 0.1) is 0 Å². The summed E-state index contributed by atoms with van der Waals surface area (Å²) in [4.78, 5) is 1.36. The van der Waals surface area contributed by atoms with Crippen molar-refractivity contribution < 1.29 is 0 Å². The minimum atomic E-state index is 0.343. The lowest BCUT2D eigenvalue weighted by Crippen LogP contribution is -2.19. The summed E-state index contributed by atoms with van der Waals surface area (Å²) in [7, 11) is 0. The van der Waals surface area contributed by atoms with Crippen LogP contribution in [-0.4, -0.2) is 12.3 Å². The minimum Gasteiger partial charge on any atom is -0.330 e. The molecule has 0 bridgehead atoms. The predicted molar refractivity (Wildman–Crippen MR) is 62.8 cm³/mol. The van der Waals surface area contributed by atoms with Crippen LogP contribution in [0, 0.1) is 0 Å². The molecular weight excluding hydrogens is 190 g/mol. The molecule has 0 heterocycles. The van der Waals surface area contributed by atoms with E-state index in [0.717, 1.165) is 12.3 Å². The summed E-state index contributed by atoms with van der Waals surface area (Å²) in [6.07, 6.45) is 2.54. The van der Waals surface area contributed by atoms with Crippen LogP contribution in [0.15, 0.2) is 29.2 Å². The third-order valence-corrected chi connectivity index (χ3v) is 3.92. The molecule has 2 N–H and O–H groups in total. The second kappa shape index (κ2) is 3.95. The normalized spacial score (nSPS) is 18.1. The van der Waals surface area contributed by atoms with Crippen LogP contribution in [0.1, 0.15) is 25.3 Å². The highest BCUT2D eigenvalue weighted by atomic mass is 32.2. The van der Waals surface area contributed by atoms with Crippen LogP contribution in [0.25, 0.3) is 0 Å². The van der Waals surface area contributed by atoms with Crippen LogP contribution in [0.2, 0.25) is 0 Å². The largest absolute Gasteiger partial charge is 0.330 e. The standard InChI is InChI=1S/C12H17NS/c1-2-14-11-5-3-10(4-6-11)12(9-13)7-8-12/h3-6H,2,7-9,13H2,1H3. The summed E-state index contributed by atoms with van der Waals surface area (Å²) in [6, 6.07) is 8.94. The Morgan fingerprint density at radius 3 is 2.36 bits per heavy atom. The maximum absolute atomic E-state index is 5.79. The van der Waals surface area contributed by atoms with Crippen LogP contribution >= 0.6 is 11.8 Å². The van der Waals surface area contributed by atoms with E-state index in [1.807, 2.05) is 11.8 Å². The average Bonchev–Trinajstić information content (AvgIpc) is 3.00.